The summed E-state index contributed by atoms with van der Waals surface area (Å²) in [5.74, 6) is 1.47. The Labute approximate surface area is 198 Å². The van der Waals surface area contributed by atoms with Gasteiger partial charge in [0.05, 0.1) is 41.3 Å². The van der Waals surface area contributed by atoms with Gasteiger partial charge in [-0.05, 0) is 30.7 Å². The van der Waals surface area contributed by atoms with Gasteiger partial charge in [-0.2, -0.15) is 4.57 Å². The zero-order chi connectivity index (χ0) is 24.0. The number of hydrogen-bond acceptors (Lipinski definition) is 5. The van der Waals surface area contributed by atoms with Crippen LogP contribution in [-0.2, 0) is 6.54 Å². The van der Waals surface area contributed by atoms with Gasteiger partial charge in [-0.15, -0.1) is 0 Å². The Morgan fingerprint density at radius 2 is 1.62 bits per heavy atom. The van der Waals surface area contributed by atoms with Crippen molar-refractivity contribution in [2.75, 3.05) is 25.7 Å². The molecular formula is C27H28N3O4+. The van der Waals surface area contributed by atoms with Gasteiger partial charge in [0.25, 0.3) is 5.52 Å². The summed E-state index contributed by atoms with van der Waals surface area (Å²) in [7, 11) is 3.33. The van der Waals surface area contributed by atoms with Crippen molar-refractivity contribution in [1.82, 2.24) is 0 Å². The van der Waals surface area contributed by atoms with Crippen LogP contribution in [0.4, 0.5) is 17.1 Å². The van der Waals surface area contributed by atoms with Crippen molar-refractivity contribution in [3.63, 3.8) is 0 Å². The number of pyridine rings is 1. The maximum atomic E-state index is 12.3. The van der Waals surface area contributed by atoms with Gasteiger partial charge in [0.1, 0.15) is 18.0 Å². The topological polar surface area (TPSA) is 68.7 Å². The largest absolute Gasteiger partial charge is 0.496 e. The Kier molecular flexibility index (Phi) is 5.48. The van der Waals surface area contributed by atoms with Crippen molar-refractivity contribution in [2.45, 2.75) is 33.2 Å². The van der Waals surface area contributed by atoms with Crippen molar-refractivity contribution >= 4 is 38.9 Å². The molecule has 0 atom stereocenters. The molecule has 0 fully saturated rings. The molecule has 0 unspecified atom stereocenters. The minimum atomic E-state index is -0.275. The van der Waals surface area contributed by atoms with Crippen LogP contribution in [0.3, 0.4) is 0 Å². The fourth-order valence-corrected chi connectivity index (χ4v) is 5.34. The van der Waals surface area contributed by atoms with E-state index in [2.05, 4.69) is 29.4 Å². The number of methoxy groups -OCH3 is 2. The minimum Gasteiger partial charge on any atom is -0.496 e. The third-order valence-corrected chi connectivity index (χ3v) is 6.57. The van der Waals surface area contributed by atoms with E-state index in [0.29, 0.717) is 12.1 Å². The number of hydrogen-bond donors (Lipinski definition) is 0. The fourth-order valence-electron chi connectivity index (χ4n) is 5.34. The molecule has 1 aromatic heterocycles. The average Bonchev–Trinajstić information content (AvgIpc) is 2.86. The normalized spacial score (nSPS) is 12.2. The summed E-state index contributed by atoms with van der Waals surface area (Å²) >= 11 is 0. The summed E-state index contributed by atoms with van der Waals surface area (Å²) < 4.78 is 13.8. The second-order valence-corrected chi connectivity index (χ2v) is 8.47. The van der Waals surface area contributed by atoms with Gasteiger partial charge in [-0.1, -0.05) is 26.0 Å². The van der Waals surface area contributed by atoms with Crippen LogP contribution in [-0.4, -0.2) is 25.7 Å². The first kappa shape index (κ1) is 21.9. The molecule has 0 saturated carbocycles. The number of nitro groups is 1. The van der Waals surface area contributed by atoms with Crippen molar-refractivity contribution in [3.8, 4) is 22.6 Å². The molecule has 0 aliphatic carbocycles. The number of benzene rings is 3. The van der Waals surface area contributed by atoms with Crippen LogP contribution in [0.1, 0.15) is 26.7 Å². The Morgan fingerprint density at radius 1 is 0.882 bits per heavy atom. The Hall–Kier alpha value is -3.87. The molecule has 7 heteroatoms. The lowest BCUT2D eigenvalue weighted by atomic mass is 9.88. The Morgan fingerprint density at radius 3 is 2.29 bits per heavy atom. The first-order valence-corrected chi connectivity index (χ1v) is 11.7. The zero-order valence-electron chi connectivity index (χ0n) is 19.9. The van der Waals surface area contributed by atoms with Crippen LogP contribution in [0, 0.1) is 10.1 Å². The molecule has 0 amide bonds. The molecule has 174 valence electrons. The highest BCUT2D eigenvalue weighted by atomic mass is 16.6. The third-order valence-electron chi connectivity index (χ3n) is 6.57. The molecule has 0 bridgehead atoms. The number of anilines is 2. The van der Waals surface area contributed by atoms with Crippen LogP contribution < -0.4 is 18.9 Å². The van der Waals surface area contributed by atoms with Crippen molar-refractivity contribution in [1.29, 1.82) is 0 Å². The summed E-state index contributed by atoms with van der Waals surface area (Å²) in [6.45, 7) is 5.65. The molecule has 1 aliphatic heterocycles. The van der Waals surface area contributed by atoms with Gasteiger partial charge in [-0.25, -0.2) is 0 Å². The van der Waals surface area contributed by atoms with Gasteiger partial charge in [0.2, 0.25) is 5.52 Å². The summed E-state index contributed by atoms with van der Waals surface area (Å²) in [6.07, 6.45) is 1.77. The first-order valence-electron chi connectivity index (χ1n) is 11.7. The third kappa shape index (κ3) is 3.00. The lowest BCUT2D eigenvalue weighted by Crippen LogP contribution is -2.37. The first-order chi connectivity index (χ1) is 16.6. The van der Waals surface area contributed by atoms with Crippen LogP contribution in [0.25, 0.3) is 32.9 Å². The molecule has 0 spiro atoms. The minimum absolute atomic E-state index is 0.105. The standard InChI is InChI=1S/C27H28N3O4/c1-5-15-28-17-9-7-11-21(33-3)23(17)26-24-18(10-8-12-22(24)34-4)29(16-6-2)27-20(30(31)32)14-13-19(28)25(26)27/h7-14H,5-6,15-16H2,1-4H3/q+1. The Balaban J connectivity index is 2.14. The molecule has 0 saturated heterocycles. The van der Waals surface area contributed by atoms with E-state index in [1.165, 1.54) is 0 Å². The van der Waals surface area contributed by atoms with Gasteiger partial charge in [-0.3, -0.25) is 10.1 Å². The molecule has 3 aromatic carbocycles. The molecule has 2 heterocycles. The maximum Gasteiger partial charge on any atom is 0.340 e. The Bertz CT molecular complexity index is 1450. The highest BCUT2D eigenvalue weighted by molar-refractivity contribution is 6.21. The maximum absolute atomic E-state index is 12.3. The number of nitro benzene ring substituents is 1. The fraction of sp³-hybridized carbons (Fsp3) is 0.296. The number of fused-ring (bicyclic) bond motifs is 4. The van der Waals surface area contributed by atoms with Gasteiger partial charge >= 0.3 is 5.69 Å². The van der Waals surface area contributed by atoms with E-state index >= 15 is 0 Å². The zero-order valence-corrected chi connectivity index (χ0v) is 19.9. The lowest BCUT2D eigenvalue weighted by molar-refractivity contribution is -0.647. The number of ether oxygens (including phenoxy) is 2. The van der Waals surface area contributed by atoms with E-state index in [9.17, 15) is 10.1 Å². The predicted octanol–water partition coefficient (Wildman–Crippen LogP) is 6.14. The van der Waals surface area contributed by atoms with E-state index in [4.69, 9.17) is 9.47 Å². The molecule has 4 aromatic rings. The number of nitrogens with zero attached hydrogens (tertiary/aromatic N) is 3. The van der Waals surface area contributed by atoms with E-state index in [1.807, 2.05) is 36.4 Å². The van der Waals surface area contributed by atoms with E-state index in [-0.39, 0.29) is 10.6 Å². The molecule has 5 rings (SSSR count). The molecular weight excluding hydrogens is 430 g/mol. The number of rotatable bonds is 7. The summed E-state index contributed by atoms with van der Waals surface area (Å²) in [6, 6.07) is 15.5. The van der Waals surface area contributed by atoms with Crippen LogP contribution in [0.15, 0.2) is 48.5 Å². The smallest absolute Gasteiger partial charge is 0.340 e. The van der Waals surface area contributed by atoms with E-state index < -0.39 is 0 Å². The van der Waals surface area contributed by atoms with Gasteiger partial charge in [0.15, 0.2) is 0 Å². The van der Waals surface area contributed by atoms with Gasteiger partial charge < -0.3 is 14.4 Å². The molecule has 7 nitrogen and oxygen atoms in total. The number of aromatic nitrogens is 1. The molecule has 34 heavy (non-hydrogen) atoms. The summed E-state index contributed by atoms with van der Waals surface area (Å²) in [4.78, 5) is 14.2. The quantitative estimate of drug-likeness (QED) is 0.144. The second-order valence-electron chi connectivity index (χ2n) is 8.47. The van der Waals surface area contributed by atoms with Crippen LogP contribution in [0.2, 0.25) is 0 Å². The summed E-state index contributed by atoms with van der Waals surface area (Å²) in [5.41, 5.74) is 5.51. The summed E-state index contributed by atoms with van der Waals surface area (Å²) in [5, 5.41) is 14.1. The van der Waals surface area contributed by atoms with Gasteiger partial charge in [0, 0.05) is 36.2 Å². The highest BCUT2D eigenvalue weighted by Gasteiger charge is 2.38. The van der Waals surface area contributed by atoms with Crippen molar-refractivity contribution < 1.29 is 19.0 Å². The van der Waals surface area contributed by atoms with Crippen molar-refractivity contribution in [3.05, 3.63) is 58.6 Å². The van der Waals surface area contributed by atoms with E-state index in [1.54, 1.807) is 20.3 Å². The lowest BCUT2D eigenvalue weighted by Gasteiger charge is -2.33. The molecule has 1 aliphatic rings. The van der Waals surface area contributed by atoms with Crippen LogP contribution >= 0.6 is 0 Å². The van der Waals surface area contributed by atoms with Crippen molar-refractivity contribution in [2.24, 2.45) is 0 Å². The highest BCUT2D eigenvalue weighted by Crippen LogP contribution is 2.55. The SMILES string of the molecule is CCCN1c2cccc(OC)c2-c2c3c(OC)cccc3[n+](CCC)c3c([N+](=O)[O-])ccc1c23. The van der Waals surface area contributed by atoms with Crippen LogP contribution in [0.5, 0.6) is 11.5 Å². The molecule has 0 radical (unpaired) electrons. The van der Waals surface area contributed by atoms with E-state index in [0.717, 1.165) is 69.7 Å². The second kappa shape index (κ2) is 8.48. The number of aryl methyl sites for hydroxylation is 1. The predicted molar refractivity (Wildman–Crippen MR) is 134 cm³/mol. The molecule has 0 N–H and O–H groups in total. The number of non-ortho nitro benzene ring substituents is 1. The monoisotopic (exact) mass is 458 g/mol. The average molecular weight is 459 g/mol.